The summed E-state index contributed by atoms with van der Waals surface area (Å²) in [6, 6.07) is 7.03. The van der Waals surface area contributed by atoms with E-state index >= 15 is 0 Å². The van der Waals surface area contributed by atoms with Gasteiger partial charge in [-0.15, -0.1) is 11.3 Å². The third kappa shape index (κ3) is 3.96. The molecule has 4 rings (SSSR count). The molecule has 0 atom stereocenters. The fourth-order valence-electron chi connectivity index (χ4n) is 3.30. The van der Waals surface area contributed by atoms with Crippen LogP contribution >= 0.6 is 11.3 Å². The van der Waals surface area contributed by atoms with E-state index in [2.05, 4.69) is 10.4 Å². The molecule has 156 valence electrons. The Morgan fingerprint density at radius 1 is 1.30 bits per heavy atom. The highest BCUT2D eigenvalue weighted by Gasteiger charge is 2.20. The third-order valence-electron chi connectivity index (χ3n) is 4.90. The van der Waals surface area contributed by atoms with Crippen LogP contribution < -0.4 is 16.7 Å². The molecule has 0 radical (unpaired) electrons. The molecule has 7 nitrogen and oxygen atoms in total. The zero-order chi connectivity index (χ0) is 21.3. The van der Waals surface area contributed by atoms with E-state index in [0.717, 1.165) is 25.6 Å². The quantitative estimate of drug-likeness (QED) is 0.627. The molecule has 30 heavy (non-hydrogen) atoms. The van der Waals surface area contributed by atoms with Crippen LogP contribution in [0.15, 0.2) is 47.3 Å². The Labute approximate surface area is 174 Å². The van der Waals surface area contributed by atoms with E-state index in [0.29, 0.717) is 25.7 Å². The maximum Gasteiger partial charge on any atom is 0.346 e. The fraction of sp³-hybridized carbons (Fsp3) is 0.250. The number of fused-ring (bicyclic) bond motifs is 1. The molecular formula is C20H19F2N5O2S. The number of carbonyl (C=O) groups excluding carboxylic acids is 1. The largest absolute Gasteiger partial charge is 0.346 e. The third-order valence-corrected chi connectivity index (χ3v) is 6.02. The van der Waals surface area contributed by atoms with Crippen LogP contribution in [-0.4, -0.2) is 26.8 Å². The molecular weight excluding hydrogens is 412 g/mol. The molecule has 1 amide bonds. The topological polar surface area (TPSA) is 94.9 Å². The number of aryl methyl sites for hydroxylation is 1. The van der Waals surface area contributed by atoms with E-state index in [-0.39, 0.29) is 35.9 Å². The molecule has 0 spiro atoms. The van der Waals surface area contributed by atoms with Crippen molar-refractivity contribution < 1.29 is 13.6 Å². The Balaban J connectivity index is 1.55. The minimum atomic E-state index is -0.459. The van der Waals surface area contributed by atoms with Crippen LogP contribution in [0.2, 0.25) is 0 Å². The van der Waals surface area contributed by atoms with Crippen LogP contribution in [0, 0.1) is 5.82 Å². The molecule has 2 aromatic heterocycles. The molecule has 0 saturated heterocycles. The number of benzene rings is 1. The molecule has 0 saturated carbocycles. The number of aromatic nitrogens is 3. The highest BCUT2D eigenvalue weighted by molar-refractivity contribution is 7.15. The normalized spacial score (nSPS) is 14.0. The van der Waals surface area contributed by atoms with Crippen LogP contribution in [0.5, 0.6) is 0 Å². The Morgan fingerprint density at radius 2 is 2.13 bits per heavy atom. The molecule has 1 aliphatic rings. The predicted molar refractivity (Wildman–Crippen MR) is 110 cm³/mol. The van der Waals surface area contributed by atoms with Gasteiger partial charge in [-0.1, -0.05) is 0 Å². The van der Waals surface area contributed by atoms with Gasteiger partial charge in [0, 0.05) is 22.7 Å². The molecule has 0 fully saturated rings. The van der Waals surface area contributed by atoms with Crippen LogP contribution in [0.25, 0.3) is 10.4 Å². The molecule has 10 heteroatoms. The van der Waals surface area contributed by atoms with E-state index in [1.165, 1.54) is 28.3 Å². The summed E-state index contributed by atoms with van der Waals surface area (Å²) in [6.45, 7) is 0.300. The van der Waals surface area contributed by atoms with Gasteiger partial charge in [0.05, 0.1) is 25.1 Å². The second-order valence-corrected chi connectivity index (χ2v) is 8.15. The van der Waals surface area contributed by atoms with Crippen molar-refractivity contribution in [2.24, 2.45) is 5.73 Å². The summed E-state index contributed by atoms with van der Waals surface area (Å²) in [7, 11) is 0. The SMILES string of the molecule is NC/C(=C\F)Cn1ncn(Cc2ccc(-c3cc(F)c4c(c3)CCC(=O)N4)s2)c1=O. The number of rotatable bonds is 6. The van der Waals surface area contributed by atoms with Gasteiger partial charge in [-0.05, 0) is 47.4 Å². The Bertz CT molecular complexity index is 1190. The number of nitrogens with one attached hydrogen (secondary N) is 1. The second kappa shape index (κ2) is 8.33. The van der Waals surface area contributed by atoms with Gasteiger partial charge in [-0.25, -0.2) is 18.3 Å². The number of hydrogen-bond donors (Lipinski definition) is 2. The molecule has 3 aromatic rings. The van der Waals surface area contributed by atoms with E-state index in [1.807, 2.05) is 18.2 Å². The highest BCUT2D eigenvalue weighted by atomic mass is 32.1. The molecule has 0 aliphatic carbocycles. The van der Waals surface area contributed by atoms with Gasteiger partial charge in [0.1, 0.15) is 12.1 Å². The van der Waals surface area contributed by atoms with Crippen molar-refractivity contribution >= 4 is 22.9 Å². The average molecular weight is 431 g/mol. The standard InChI is InChI=1S/C20H19F2N5O2S/c21-7-12(8-23)9-27-20(29)26(11-24-27)10-15-2-3-17(30-15)14-5-13-1-4-18(28)25-19(13)16(22)6-14/h2-3,5-7,11H,1,4,8-10,23H2,(H,25,28)/b12-7+. The lowest BCUT2D eigenvalue weighted by Crippen LogP contribution is -2.26. The van der Waals surface area contributed by atoms with Gasteiger partial charge < -0.3 is 11.1 Å². The number of nitrogens with two attached hydrogens (primary N) is 1. The number of anilines is 1. The number of carbonyl (C=O) groups is 1. The van der Waals surface area contributed by atoms with Crippen molar-refractivity contribution in [1.29, 1.82) is 0 Å². The highest BCUT2D eigenvalue weighted by Crippen LogP contribution is 2.34. The Morgan fingerprint density at radius 3 is 2.90 bits per heavy atom. The summed E-state index contributed by atoms with van der Waals surface area (Å²) >= 11 is 1.44. The minimum Gasteiger partial charge on any atom is -0.327 e. The zero-order valence-electron chi connectivity index (χ0n) is 15.9. The van der Waals surface area contributed by atoms with Crippen LogP contribution in [0.1, 0.15) is 16.9 Å². The molecule has 3 heterocycles. The van der Waals surface area contributed by atoms with Crippen molar-refractivity contribution in [1.82, 2.24) is 14.3 Å². The monoisotopic (exact) mass is 431 g/mol. The molecule has 3 N–H and O–H groups in total. The van der Waals surface area contributed by atoms with E-state index in [1.54, 1.807) is 0 Å². The van der Waals surface area contributed by atoms with Crippen molar-refractivity contribution in [3.63, 3.8) is 0 Å². The summed E-state index contributed by atoms with van der Waals surface area (Å²) in [5, 5.41) is 6.59. The summed E-state index contributed by atoms with van der Waals surface area (Å²) < 4.78 is 29.7. The second-order valence-electron chi connectivity index (χ2n) is 6.98. The first-order valence-corrected chi connectivity index (χ1v) is 10.1. The van der Waals surface area contributed by atoms with Crippen molar-refractivity contribution in [2.75, 3.05) is 11.9 Å². The minimum absolute atomic E-state index is 0.000531. The predicted octanol–water partition coefficient (Wildman–Crippen LogP) is 2.66. The van der Waals surface area contributed by atoms with E-state index in [9.17, 15) is 18.4 Å². The number of hydrogen-bond acceptors (Lipinski definition) is 5. The summed E-state index contributed by atoms with van der Waals surface area (Å²) in [6.07, 6.45) is 2.62. The van der Waals surface area contributed by atoms with Crippen LogP contribution in [0.3, 0.4) is 0 Å². The first-order chi connectivity index (χ1) is 14.5. The van der Waals surface area contributed by atoms with Crippen molar-refractivity contribution in [3.8, 4) is 10.4 Å². The number of nitrogens with zero attached hydrogens (tertiary/aromatic N) is 3. The van der Waals surface area contributed by atoms with Gasteiger partial charge >= 0.3 is 5.69 Å². The molecule has 1 aliphatic heterocycles. The van der Waals surface area contributed by atoms with Gasteiger partial charge in [-0.3, -0.25) is 9.36 Å². The number of amides is 1. The van der Waals surface area contributed by atoms with E-state index in [4.69, 9.17) is 5.73 Å². The van der Waals surface area contributed by atoms with Gasteiger partial charge in [0.15, 0.2) is 0 Å². The van der Waals surface area contributed by atoms with Gasteiger partial charge in [0.25, 0.3) is 0 Å². The van der Waals surface area contributed by atoms with Gasteiger partial charge in [-0.2, -0.15) is 5.10 Å². The van der Waals surface area contributed by atoms with Crippen molar-refractivity contribution in [3.05, 3.63) is 69.2 Å². The van der Waals surface area contributed by atoms with Crippen LogP contribution in [0.4, 0.5) is 14.5 Å². The number of thiophene rings is 1. The lowest BCUT2D eigenvalue weighted by molar-refractivity contribution is -0.116. The lowest BCUT2D eigenvalue weighted by atomic mass is 9.99. The zero-order valence-corrected chi connectivity index (χ0v) is 16.7. The van der Waals surface area contributed by atoms with E-state index < -0.39 is 5.82 Å². The smallest absolute Gasteiger partial charge is 0.327 e. The van der Waals surface area contributed by atoms with Gasteiger partial charge in [0.2, 0.25) is 5.91 Å². The lowest BCUT2D eigenvalue weighted by Gasteiger charge is -2.18. The Kier molecular flexibility index (Phi) is 5.60. The van der Waals surface area contributed by atoms with Crippen LogP contribution in [-0.2, 0) is 24.3 Å². The summed E-state index contributed by atoms with van der Waals surface area (Å²) in [5.74, 6) is -0.640. The van der Waals surface area contributed by atoms with Crippen molar-refractivity contribution in [2.45, 2.75) is 25.9 Å². The molecule has 1 aromatic carbocycles. The average Bonchev–Trinajstić information content (AvgIpc) is 3.34. The summed E-state index contributed by atoms with van der Waals surface area (Å²) in [4.78, 5) is 25.7. The maximum absolute atomic E-state index is 14.5. The summed E-state index contributed by atoms with van der Waals surface area (Å²) in [5.41, 5.74) is 7.08. The first-order valence-electron chi connectivity index (χ1n) is 9.30. The number of halogens is 2. The molecule has 0 bridgehead atoms. The Hall–Kier alpha value is -3.11. The first kappa shape index (κ1) is 20.2. The molecule has 0 unspecified atom stereocenters. The fourth-order valence-corrected chi connectivity index (χ4v) is 4.30. The maximum atomic E-state index is 14.5.